The number of halogens is 3. The van der Waals surface area contributed by atoms with E-state index >= 15 is 0 Å². The predicted molar refractivity (Wildman–Crippen MR) is 61.6 cm³/mol. The van der Waals surface area contributed by atoms with Crippen LogP contribution in [0.15, 0.2) is 24.4 Å². The molecule has 1 aromatic carbocycles. The highest BCUT2D eigenvalue weighted by Gasteiger charge is 2.48. The monoisotopic (exact) mass is 308 g/mol. The average Bonchev–Trinajstić information content (AvgIpc) is 2.69. The molecule has 0 aliphatic heterocycles. The maximum Gasteiger partial charge on any atom is 0.534 e. The average molecular weight is 308 g/mol. The quantitative estimate of drug-likeness (QED) is 0.625. The zero-order valence-electron chi connectivity index (χ0n) is 9.88. The zero-order valence-corrected chi connectivity index (χ0v) is 10.7. The molecule has 0 saturated heterocycles. The Kier molecular flexibility index (Phi) is 3.20. The Balaban J connectivity index is 2.42. The number of hydrogen-bond donors (Lipinski definition) is 0. The largest absolute Gasteiger partial charge is 0.534 e. The summed E-state index contributed by atoms with van der Waals surface area (Å²) in [6.07, 6.45) is 1.21. The number of alkyl halides is 3. The summed E-state index contributed by atoms with van der Waals surface area (Å²) < 4.78 is 63.2. The number of carbonyl (C=O) groups is 1. The van der Waals surface area contributed by atoms with Gasteiger partial charge in [0.2, 0.25) is 5.91 Å². The number of nitrogens with zero attached hydrogens (tertiary/aromatic N) is 2. The van der Waals surface area contributed by atoms with Gasteiger partial charge in [-0.2, -0.15) is 26.7 Å². The van der Waals surface area contributed by atoms with E-state index in [4.69, 9.17) is 0 Å². The van der Waals surface area contributed by atoms with Crippen molar-refractivity contribution in [3.05, 3.63) is 24.4 Å². The third kappa shape index (κ3) is 2.46. The highest BCUT2D eigenvalue weighted by molar-refractivity contribution is 7.88. The molecule has 108 valence electrons. The summed E-state index contributed by atoms with van der Waals surface area (Å²) in [5.74, 6) is -0.908. The van der Waals surface area contributed by atoms with Gasteiger partial charge in [-0.25, -0.2) is 4.68 Å². The molecule has 1 aromatic heterocycles. The summed E-state index contributed by atoms with van der Waals surface area (Å²) in [7, 11) is -5.72. The highest BCUT2D eigenvalue weighted by Crippen LogP contribution is 2.28. The Bertz CT molecular complexity index is 779. The second-order valence-electron chi connectivity index (χ2n) is 3.78. The highest BCUT2D eigenvalue weighted by atomic mass is 32.2. The summed E-state index contributed by atoms with van der Waals surface area (Å²) in [4.78, 5) is 11.2. The van der Waals surface area contributed by atoms with Gasteiger partial charge in [0.05, 0.1) is 11.7 Å². The lowest BCUT2D eigenvalue weighted by Gasteiger charge is -2.09. The van der Waals surface area contributed by atoms with Crippen LogP contribution in [0.3, 0.4) is 0 Å². The van der Waals surface area contributed by atoms with Crippen LogP contribution in [-0.4, -0.2) is 29.6 Å². The van der Waals surface area contributed by atoms with E-state index in [2.05, 4.69) is 9.28 Å². The fourth-order valence-corrected chi connectivity index (χ4v) is 1.94. The summed E-state index contributed by atoms with van der Waals surface area (Å²) >= 11 is 0. The van der Waals surface area contributed by atoms with Crippen LogP contribution in [0.25, 0.3) is 10.9 Å². The molecule has 0 unspecified atom stereocenters. The number of aromatic nitrogens is 2. The second-order valence-corrected chi connectivity index (χ2v) is 5.32. The van der Waals surface area contributed by atoms with Gasteiger partial charge in [-0.3, -0.25) is 4.79 Å². The van der Waals surface area contributed by atoms with Gasteiger partial charge in [0.1, 0.15) is 5.75 Å². The molecule has 2 aromatic rings. The Morgan fingerprint density at radius 3 is 2.55 bits per heavy atom. The van der Waals surface area contributed by atoms with Crippen LogP contribution >= 0.6 is 0 Å². The minimum atomic E-state index is -5.72. The smallest absolute Gasteiger partial charge is 0.376 e. The number of carbonyl (C=O) groups excluding carboxylic acids is 1. The second kappa shape index (κ2) is 4.47. The molecule has 6 nitrogen and oxygen atoms in total. The van der Waals surface area contributed by atoms with Crippen molar-refractivity contribution >= 4 is 26.9 Å². The van der Waals surface area contributed by atoms with E-state index in [0.29, 0.717) is 5.52 Å². The zero-order chi connectivity index (χ0) is 15.1. The van der Waals surface area contributed by atoms with Crippen molar-refractivity contribution in [3.63, 3.8) is 0 Å². The molecular weight excluding hydrogens is 301 g/mol. The van der Waals surface area contributed by atoms with Crippen LogP contribution in [0.5, 0.6) is 5.75 Å². The fraction of sp³-hybridized carbons (Fsp3) is 0.200. The third-order valence-corrected chi connectivity index (χ3v) is 3.31. The van der Waals surface area contributed by atoms with Gasteiger partial charge in [0, 0.05) is 12.3 Å². The first kappa shape index (κ1) is 14.3. The lowest BCUT2D eigenvalue weighted by atomic mass is 10.2. The SMILES string of the molecule is CC(=O)n1ncc2cc(OS(=O)(=O)C(F)(F)F)ccc21. The molecule has 0 atom stereocenters. The molecular formula is C10H7F3N2O4S. The Hall–Kier alpha value is -2.10. The van der Waals surface area contributed by atoms with Gasteiger partial charge in [-0.05, 0) is 18.2 Å². The maximum absolute atomic E-state index is 12.2. The summed E-state index contributed by atoms with van der Waals surface area (Å²) in [6.45, 7) is 1.25. The van der Waals surface area contributed by atoms with Crippen LogP contribution < -0.4 is 4.18 Å². The molecule has 0 fully saturated rings. The summed E-state index contributed by atoms with van der Waals surface area (Å²) in [6, 6.07) is 3.29. The van der Waals surface area contributed by atoms with Gasteiger partial charge in [0.15, 0.2) is 0 Å². The molecule has 1 heterocycles. The van der Waals surface area contributed by atoms with Gasteiger partial charge in [-0.1, -0.05) is 0 Å². The minimum Gasteiger partial charge on any atom is -0.376 e. The molecule has 2 rings (SSSR count). The number of fused-ring (bicyclic) bond motifs is 1. The first-order valence-corrected chi connectivity index (χ1v) is 6.52. The van der Waals surface area contributed by atoms with E-state index in [1.807, 2.05) is 0 Å². The Morgan fingerprint density at radius 1 is 1.35 bits per heavy atom. The third-order valence-electron chi connectivity index (χ3n) is 2.33. The number of rotatable bonds is 2. The lowest BCUT2D eigenvalue weighted by molar-refractivity contribution is -0.0500. The Morgan fingerprint density at radius 2 is 2.00 bits per heavy atom. The van der Waals surface area contributed by atoms with Crippen molar-refractivity contribution in [3.8, 4) is 5.75 Å². The van der Waals surface area contributed by atoms with Gasteiger partial charge < -0.3 is 4.18 Å². The normalized spacial score (nSPS) is 12.6. The van der Waals surface area contributed by atoms with Gasteiger partial charge >= 0.3 is 15.6 Å². The van der Waals surface area contributed by atoms with Crippen LogP contribution in [0, 0.1) is 0 Å². The van der Waals surface area contributed by atoms with Crippen molar-refractivity contribution in [1.29, 1.82) is 0 Å². The van der Waals surface area contributed by atoms with Crippen molar-refractivity contribution < 1.29 is 30.6 Å². The molecule has 20 heavy (non-hydrogen) atoms. The van der Waals surface area contributed by atoms with E-state index < -0.39 is 27.3 Å². The molecule has 0 N–H and O–H groups in total. The van der Waals surface area contributed by atoms with E-state index in [-0.39, 0.29) is 5.39 Å². The van der Waals surface area contributed by atoms with Crippen LogP contribution in [0.1, 0.15) is 11.7 Å². The summed E-state index contributed by atoms with van der Waals surface area (Å²) in [5.41, 5.74) is -5.18. The van der Waals surface area contributed by atoms with Gasteiger partial charge in [0.25, 0.3) is 0 Å². The molecule has 0 amide bonds. The number of hydrogen-bond acceptors (Lipinski definition) is 5. The topological polar surface area (TPSA) is 78.3 Å². The molecule has 0 radical (unpaired) electrons. The van der Waals surface area contributed by atoms with E-state index in [0.717, 1.165) is 16.8 Å². The van der Waals surface area contributed by atoms with Gasteiger partial charge in [-0.15, -0.1) is 0 Å². The summed E-state index contributed by atoms with van der Waals surface area (Å²) in [5, 5.41) is 3.99. The lowest BCUT2D eigenvalue weighted by Crippen LogP contribution is -2.28. The van der Waals surface area contributed by atoms with Crippen molar-refractivity contribution in [2.45, 2.75) is 12.4 Å². The predicted octanol–water partition coefficient (Wildman–Crippen LogP) is 1.92. The van der Waals surface area contributed by atoms with Crippen molar-refractivity contribution in [1.82, 2.24) is 9.78 Å². The number of benzene rings is 1. The standard InChI is InChI=1S/C10H7F3N2O4S/c1-6(16)15-9-3-2-8(4-7(9)5-14-15)19-20(17,18)10(11,12)13/h2-5H,1H3. The first-order chi connectivity index (χ1) is 9.12. The van der Waals surface area contributed by atoms with E-state index in [1.54, 1.807) is 0 Å². The van der Waals surface area contributed by atoms with Crippen LogP contribution in [-0.2, 0) is 10.1 Å². The molecule has 0 bridgehead atoms. The molecule has 10 heteroatoms. The molecule has 0 spiro atoms. The Labute approximate surface area is 110 Å². The van der Waals surface area contributed by atoms with Crippen LogP contribution in [0.2, 0.25) is 0 Å². The molecule has 0 aliphatic carbocycles. The fourth-order valence-electron chi connectivity index (χ4n) is 1.49. The van der Waals surface area contributed by atoms with E-state index in [1.165, 1.54) is 19.2 Å². The molecule has 0 saturated carbocycles. The van der Waals surface area contributed by atoms with Crippen molar-refractivity contribution in [2.75, 3.05) is 0 Å². The van der Waals surface area contributed by atoms with Crippen molar-refractivity contribution in [2.24, 2.45) is 0 Å². The maximum atomic E-state index is 12.2. The van der Waals surface area contributed by atoms with E-state index in [9.17, 15) is 26.4 Å². The molecule has 0 aliphatic rings. The first-order valence-electron chi connectivity index (χ1n) is 5.11. The van der Waals surface area contributed by atoms with Crippen LogP contribution in [0.4, 0.5) is 13.2 Å². The minimum absolute atomic E-state index is 0.273.